The van der Waals surface area contributed by atoms with Gasteiger partial charge in [-0.3, -0.25) is 4.98 Å². The van der Waals surface area contributed by atoms with E-state index in [2.05, 4.69) is 4.98 Å². The van der Waals surface area contributed by atoms with Crippen LogP contribution in [0.3, 0.4) is 0 Å². The zero-order chi connectivity index (χ0) is 11.9. The van der Waals surface area contributed by atoms with Crippen molar-refractivity contribution < 1.29 is 13.5 Å². The smallest absolute Gasteiger partial charge is 0.239 e. The third-order valence-corrected chi connectivity index (χ3v) is 3.02. The van der Waals surface area contributed by atoms with E-state index in [0.29, 0.717) is 5.69 Å². The van der Waals surface area contributed by atoms with E-state index in [9.17, 15) is 13.5 Å². The average Bonchev–Trinajstić information content (AvgIpc) is 1.99. The second kappa shape index (κ2) is 3.55. The molecule has 0 unspecified atom stereocenters. The van der Waals surface area contributed by atoms with Crippen molar-refractivity contribution in [1.29, 1.82) is 0 Å². The molecule has 0 fully saturated rings. The topological polar surface area (TPSA) is 93.3 Å². The Balaban J connectivity index is 3.34. The fourth-order valence-corrected chi connectivity index (χ4v) is 1.90. The summed E-state index contributed by atoms with van der Waals surface area (Å²) in [6.45, 7) is 4.69. The van der Waals surface area contributed by atoms with Crippen molar-refractivity contribution >= 4 is 10.0 Å². The number of nitrogens with two attached hydrogens (primary N) is 1. The molecule has 15 heavy (non-hydrogen) atoms. The Morgan fingerprint density at radius 3 is 2.27 bits per heavy atom. The first-order valence-corrected chi connectivity index (χ1v) is 5.90. The molecule has 1 heterocycles. The molecule has 5 nitrogen and oxygen atoms in total. The van der Waals surface area contributed by atoms with Crippen LogP contribution in [0.4, 0.5) is 0 Å². The summed E-state index contributed by atoms with van der Waals surface area (Å²) in [7, 11) is -3.74. The van der Waals surface area contributed by atoms with Gasteiger partial charge in [0.05, 0.1) is 11.4 Å². The number of hydrogen-bond acceptors (Lipinski definition) is 4. The zero-order valence-corrected chi connectivity index (χ0v) is 9.67. The number of hydrogen-bond donors (Lipinski definition) is 2. The lowest BCUT2D eigenvalue weighted by atomic mass is 10.0. The summed E-state index contributed by atoms with van der Waals surface area (Å²) in [4.78, 5) is 3.98. The number of nitrogens with zero attached hydrogens (tertiary/aromatic N) is 1. The molecule has 0 bridgehead atoms. The summed E-state index contributed by atoms with van der Waals surface area (Å²) >= 11 is 0. The first-order valence-electron chi connectivity index (χ1n) is 4.35. The molecule has 1 aromatic heterocycles. The molecule has 0 aromatic carbocycles. The highest BCUT2D eigenvalue weighted by molar-refractivity contribution is 7.89. The van der Waals surface area contributed by atoms with Crippen LogP contribution in [-0.2, 0) is 15.6 Å². The van der Waals surface area contributed by atoms with Crippen molar-refractivity contribution in [2.24, 2.45) is 5.14 Å². The van der Waals surface area contributed by atoms with Crippen LogP contribution in [0.25, 0.3) is 0 Å². The quantitative estimate of drug-likeness (QED) is 0.762. The van der Waals surface area contributed by atoms with Gasteiger partial charge in [0.25, 0.3) is 0 Å². The summed E-state index contributed by atoms with van der Waals surface area (Å²) in [5.41, 5.74) is -0.397. The predicted octanol–water partition coefficient (Wildman–Crippen LogP) is 0.265. The van der Waals surface area contributed by atoms with E-state index in [1.165, 1.54) is 19.1 Å². The van der Waals surface area contributed by atoms with Crippen LogP contribution in [0, 0.1) is 6.92 Å². The molecule has 0 spiro atoms. The van der Waals surface area contributed by atoms with E-state index >= 15 is 0 Å². The third-order valence-electron chi connectivity index (χ3n) is 1.97. The average molecular weight is 230 g/mol. The lowest BCUT2D eigenvalue weighted by Gasteiger charge is -2.17. The minimum absolute atomic E-state index is 0.0181. The van der Waals surface area contributed by atoms with Crippen molar-refractivity contribution in [3.8, 4) is 0 Å². The van der Waals surface area contributed by atoms with Crippen molar-refractivity contribution in [1.82, 2.24) is 4.98 Å². The zero-order valence-electron chi connectivity index (χ0n) is 8.85. The summed E-state index contributed by atoms with van der Waals surface area (Å²) in [5, 5.41) is 14.7. The molecule has 0 aliphatic rings. The maximum absolute atomic E-state index is 11.1. The van der Waals surface area contributed by atoms with E-state index in [1.54, 1.807) is 13.8 Å². The number of rotatable bonds is 2. The molecule has 0 amide bonds. The Morgan fingerprint density at radius 2 is 1.93 bits per heavy atom. The van der Waals surface area contributed by atoms with Gasteiger partial charge in [0, 0.05) is 0 Å². The minimum Gasteiger partial charge on any atom is -0.384 e. The van der Waals surface area contributed by atoms with Gasteiger partial charge in [0.2, 0.25) is 10.0 Å². The van der Waals surface area contributed by atoms with Gasteiger partial charge in [-0.2, -0.15) is 0 Å². The fourth-order valence-electron chi connectivity index (χ4n) is 1.19. The highest BCUT2D eigenvalue weighted by atomic mass is 32.2. The number of aryl methyl sites for hydroxylation is 1. The van der Waals surface area contributed by atoms with Crippen LogP contribution >= 0.6 is 0 Å². The lowest BCUT2D eigenvalue weighted by molar-refractivity contribution is 0.0735. The Kier molecular flexibility index (Phi) is 2.86. The highest BCUT2D eigenvalue weighted by Gasteiger charge is 2.20. The molecule has 0 saturated heterocycles. The molecule has 6 heteroatoms. The first kappa shape index (κ1) is 12.1. The highest BCUT2D eigenvalue weighted by Crippen LogP contribution is 2.20. The van der Waals surface area contributed by atoms with Crippen LogP contribution in [0.1, 0.15) is 25.2 Å². The summed E-state index contributed by atoms with van der Waals surface area (Å²) < 4.78 is 22.2. The second-order valence-electron chi connectivity index (χ2n) is 3.88. The van der Waals surface area contributed by atoms with Gasteiger partial charge >= 0.3 is 0 Å². The predicted molar refractivity (Wildman–Crippen MR) is 55.6 cm³/mol. The van der Waals surface area contributed by atoms with Crippen molar-refractivity contribution in [3.63, 3.8) is 0 Å². The molecule has 0 saturated carbocycles. The van der Waals surface area contributed by atoms with Gasteiger partial charge in [-0.05, 0) is 32.9 Å². The van der Waals surface area contributed by atoms with E-state index in [0.717, 1.165) is 0 Å². The molecule has 1 rings (SSSR count). The van der Waals surface area contributed by atoms with E-state index in [1.807, 2.05) is 0 Å². The lowest BCUT2D eigenvalue weighted by Crippen LogP contribution is -2.20. The number of pyridine rings is 1. The van der Waals surface area contributed by atoms with Gasteiger partial charge in [-0.25, -0.2) is 13.6 Å². The molecular formula is C9H14N2O3S. The molecule has 0 radical (unpaired) electrons. The maximum atomic E-state index is 11.1. The number of primary sulfonamides is 1. The largest absolute Gasteiger partial charge is 0.384 e. The Labute approximate surface area is 89.0 Å². The minimum atomic E-state index is -3.74. The molecular weight excluding hydrogens is 216 g/mol. The summed E-state index contributed by atoms with van der Waals surface area (Å²) in [6.07, 6.45) is 0. The molecule has 1 aromatic rings. The monoisotopic (exact) mass is 230 g/mol. The van der Waals surface area contributed by atoms with Gasteiger partial charge in [0.1, 0.15) is 10.5 Å². The Morgan fingerprint density at radius 1 is 1.40 bits per heavy atom. The molecule has 3 N–H and O–H groups in total. The molecule has 84 valence electrons. The van der Waals surface area contributed by atoms with Crippen LogP contribution in [-0.4, -0.2) is 18.5 Å². The van der Waals surface area contributed by atoms with Crippen LogP contribution in [0.2, 0.25) is 0 Å². The molecule has 0 atom stereocenters. The van der Waals surface area contributed by atoms with E-state index in [4.69, 9.17) is 5.14 Å². The van der Waals surface area contributed by atoms with Crippen LogP contribution in [0.15, 0.2) is 17.0 Å². The normalized spacial score (nSPS) is 12.9. The Hall–Kier alpha value is -0.980. The summed E-state index contributed by atoms with van der Waals surface area (Å²) in [6, 6.07) is 2.80. The number of aliphatic hydroxyl groups is 1. The third kappa shape index (κ3) is 2.74. The molecule has 0 aliphatic carbocycles. The first-order chi connectivity index (χ1) is 6.62. The number of aromatic nitrogens is 1. The van der Waals surface area contributed by atoms with E-state index in [-0.39, 0.29) is 10.6 Å². The van der Waals surface area contributed by atoms with Gasteiger partial charge < -0.3 is 5.11 Å². The standard InChI is InChI=1S/C9H14N2O3S/c1-6-7(15(10,13)14)4-5-8(11-6)9(2,3)12/h4-5,12H,1-3H3,(H2,10,13,14). The van der Waals surface area contributed by atoms with Crippen LogP contribution in [0.5, 0.6) is 0 Å². The SMILES string of the molecule is Cc1nc(C(C)(C)O)ccc1S(N)(=O)=O. The second-order valence-corrected chi connectivity index (χ2v) is 5.41. The van der Waals surface area contributed by atoms with Crippen molar-refractivity contribution in [3.05, 3.63) is 23.5 Å². The summed E-state index contributed by atoms with van der Waals surface area (Å²) in [5.74, 6) is 0. The van der Waals surface area contributed by atoms with Crippen molar-refractivity contribution in [2.75, 3.05) is 0 Å². The van der Waals surface area contributed by atoms with Crippen LogP contribution < -0.4 is 5.14 Å². The number of sulfonamides is 1. The Bertz CT molecular complexity index is 475. The van der Waals surface area contributed by atoms with E-state index < -0.39 is 15.6 Å². The van der Waals surface area contributed by atoms with Gasteiger partial charge in [-0.15, -0.1) is 0 Å². The fraction of sp³-hybridized carbons (Fsp3) is 0.444. The van der Waals surface area contributed by atoms with Gasteiger partial charge in [-0.1, -0.05) is 0 Å². The maximum Gasteiger partial charge on any atom is 0.239 e. The molecule has 0 aliphatic heterocycles. The van der Waals surface area contributed by atoms with Crippen molar-refractivity contribution in [2.45, 2.75) is 31.3 Å². The van der Waals surface area contributed by atoms with Gasteiger partial charge in [0.15, 0.2) is 0 Å².